The van der Waals surface area contributed by atoms with Gasteiger partial charge in [-0.3, -0.25) is 9.59 Å². The smallest absolute Gasteiger partial charge is 0.264 e. The van der Waals surface area contributed by atoms with Crippen LogP contribution in [-0.2, 0) is 0 Å². The summed E-state index contributed by atoms with van der Waals surface area (Å²) in [5.41, 5.74) is -0.484. The lowest BCUT2D eigenvalue weighted by Crippen LogP contribution is -2.26. The molecule has 0 fully saturated rings. The maximum absolute atomic E-state index is 12.3. The van der Waals surface area contributed by atoms with Crippen molar-refractivity contribution in [2.45, 2.75) is 32.0 Å². The van der Waals surface area contributed by atoms with E-state index < -0.39 is 11.5 Å². The van der Waals surface area contributed by atoms with Gasteiger partial charge in [-0.05, 0) is 19.1 Å². The average molecular weight is 321 g/mol. The second-order valence-electron chi connectivity index (χ2n) is 5.24. The quantitative estimate of drug-likeness (QED) is 0.650. The number of carbonyl (C=O) groups is 1. The number of hydrogen-bond acceptors (Lipinski definition) is 5. The number of carbonyl (C=O) groups excluding carboxylic acids is 1. The largest absolute Gasteiger partial charge is 0.307 e. The summed E-state index contributed by atoms with van der Waals surface area (Å²) >= 11 is 1.31. The van der Waals surface area contributed by atoms with Crippen LogP contribution in [0.25, 0.3) is 0 Å². The van der Waals surface area contributed by atoms with Crippen molar-refractivity contribution in [3.8, 4) is 0 Å². The van der Waals surface area contributed by atoms with Crippen molar-refractivity contribution in [2.75, 3.05) is 11.6 Å². The molecule has 0 saturated heterocycles. The van der Waals surface area contributed by atoms with E-state index in [1.54, 1.807) is 23.2 Å². The van der Waals surface area contributed by atoms with Crippen LogP contribution in [0, 0.1) is 5.92 Å². The summed E-state index contributed by atoms with van der Waals surface area (Å²) in [7, 11) is 0. The van der Waals surface area contributed by atoms with Crippen LogP contribution in [-0.4, -0.2) is 31.9 Å². The summed E-state index contributed by atoms with van der Waals surface area (Å²) in [6, 6.07) is 1.83. The maximum atomic E-state index is 12.3. The summed E-state index contributed by atoms with van der Waals surface area (Å²) in [5, 5.41) is 7.42. The predicted molar refractivity (Wildman–Crippen MR) is 86.4 cm³/mol. The molecule has 2 aromatic heterocycles. The molecule has 22 heavy (non-hydrogen) atoms. The van der Waals surface area contributed by atoms with Gasteiger partial charge in [0.15, 0.2) is 5.16 Å². The number of aromatic nitrogens is 4. The Balaban J connectivity index is 2.23. The van der Waals surface area contributed by atoms with Gasteiger partial charge < -0.3 is 10.3 Å². The van der Waals surface area contributed by atoms with E-state index in [1.165, 1.54) is 18.0 Å². The molecule has 118 valence electrons. The molecule has 2 heterocycles. The molecule has 0 aromatic carbocycles. The molecule has 0 spiro atoms. The highest BCUT2D eigenvalue weighted by Crippen LogP contribution is 2.21. The van der Waals surface area contributed by atoms with Gasteiger partial charge in [-0.1, -0.05) is 25.6 Å². The van der Waals surface area contributed by atoms with Crippen LogP contribution in [0.15, 0.2) is 28.4 Å². The number of hydrogen-bond donors (Lipinski definition) is 2. The Morgan fingerprint density at radius 1 is 1.41 bits per heavy atom. The predicted octanol–water partition coefficient (Wildman–Crippen LogP) is 2.16. The highest BCUT2D eigenvalue weighted by Gasteiger charge is 2.17. The minimum atomic E-state index is -0.501. The van der Waals surface area contributed by atoms with Crippen LogP contribution < -0.4 is 10.9 Å². The van der Waals surface area contributed by atoms with Crippen LogP contribution in [0.1, 0.15) is 37.2 Å². The van der Waals surface area contributed by atoms with Gasteiger partial charge in [-0.25, -0.2) is 9.67 Å². The molecule has 0 saturated carbocycles. The third kappa shape index (κ3) is 3.38. The number of nitrogens with zero attached hydrogens (tertiary/aromatic N) is 3. The normalized spacial score (nSPS) is 12.4. The second kappa shape index (κ2) is 6.78. The first-order valence-electron chi connectivity index (χ1n) is 6.92. The molecule has 1 amide bonds. The highest BCUT2D eigenvalue weighted by atomic mass is 32.2. The molecule has 0 unspecified atom stereocenters. The third-order valence-corrected chi connectivity index (χ3v) is 4.07. The first-order valence-corrected chi connectivity index (χ1v) is 8.14. The van der Waals surface area contributed by atoms with E-state index in [1.807, 2.05) is 6.92 Å². The molecule has 0 radical (unpaired) electrons. The van der Waals surface area contributed by atoms with Gasteiger partial charge in [-0.2, -0.15) is 5.10 Å². The van der Waals surface area contributed by atoms with Gasteiger partial charge in [0.2, 0.25) is 0 Å². The summed E-state index contributed by atoms with van der Waals surface area (Å²) in [5.74, 6) is 0.417. The number of H-pyrrole nitrogens is 1. The third-order valence-electron chi connectivity index (χ3n) is 3.48. The lowest BCUT2D eigenvalue weighted by atomic mass is 10.1. The fourth-order valence-corrected chi connectivity index (χ4v) is 2.20. The van der Waals surface area contributed by atoms with Crippen molar-refractivity contribution in [3.05, 3.63) is 34.4 Å². The van der Waals surface area contributed by atoms with Crippen molar-refractivity contribution in [3.63, 3.8) is 0 Å². The van der Waals surface area contributed by atoms with E-state index >= 15 is 0 Å². The van der Waals surface area contributed by atoms with Crippen molar-refractivity contribution in [1.29, 1.82) is 0 Å². The highest BCUT2D eigenvalue weighted by molar-refractivity contribution is 7.98. The topological polar surface area (TPSA) is 92.7 Å². The molecule has 8 heteroatoms. The summed E-state index contributed by atoms with van der Waals surface area (Å²) in [4.78, 5) is 30.7. The number of rotatable bonds is 5. The molecule has 2 aromatic rings. The van der Waals surface area contributed by atoms with Crippen molar-refractivity contribution in [1.82, 2.24) is 19.7 Å². The zero-order valence-electron chi connectivity index (χ0n) is 13.0. The average Bonchev–Trinajstić information content (AvgIpc) is 2.93. The molecule has 0 aliphatic heterocycles. The first kappa shape index (κ1) is 16.3. The molecular weight excluding hydrogens is 302 g/mol. The van der Waals surface area contributed by atoms with Crippen molar-refractivity contribution in [2.24, 2.45) is 5.92 Å². The SMILES string of the molecule is CSc1ncc(C(=O)Nc2ccnn2[C@H](C)C(C)C)c(=O)[nH]1. The van der Waals surface area contributed by atoms with Gasteiger partial charge in [0.1, 0.15) is 11.4 Å². The van der Waals surface area contributed by atoms with E-state index in [0.717, 1.165) is 0 Å². The molecule has 2 N–H and O–H groups in total. The minimum Gasteiger partial charge on any atom is -0.307 e. The Bertz CT molecular complexity index is 722. The van der Waals surface area contributed by atoms with Gasteiger partial charge in [-0.15, -0.1) is 0 Å². The van der Waals surface area contributed by atoms with Gasteiger partial charge in [0, 0.05) is 12.3 Å². The van der Waals surface area contributed by atoms with Gasteiger partial charge >= 0.3 is 0 Å². The molecule has 0 aliphatic rings. The van der Waals surface area contributed by atoms with E-state index in [2.05, 4.69) is 34.2 Å². The zero-order valence-corrected chi connectivity index (χ0v) is 13.8. The Hall–Kier alpha value is -2.09. The number of aromatic amines is 1. The molecular formula is C14H19N5O2S. The molecule has 2 rings (SSSR count). The second-order valence-corrected chi connectivity index (χ2v) is 6.03. The van der Waals surface area contributed by atoms with E-state index in [9.17, 15) is 9.59 Å². The van der Waals surface area contributed by atoms with Gasteiger partial charge in [0.25, 0.3) is 11.5 Å². The monoisotopic (exact) mass is 321 g/mol. The van der Waals surface area contributed by atoms with Crippen LogP contribution in [0.4, 0.5) is 5.82 Å². The lowest BCUT2D eigenvalue weighted by molar-refractivity contribution is 0.102. The fourth-order valence-electron chi connectivity index (χ4n) is 1.85. The van der Waals surface area contributed by atoms with Crippen LogP contribution in [0.5, 0.6) is 0 Å². The van der Waals surface area contributed by atoms with Crippen LogP contribution in [0.3, 0.4) is 0 Å². The molecule has 0 bridgehead atoms. The number of anilines is 1. The van der Waals surface area contributed by atoms with Crippen LogP contribution >= 0.6 is 11.8 Å². The first-order chi connectivity index (χ1) is 10.4. The Labute approximate surface area is 132 Å². The van der Waals surface area contributed by atoms with Crippen molar-refractivity contribution >= 4 is 23.5 Å². The Morgan fingerprint density at radius 3 is 2.73 bits per heavy atom. The Kier molecular flexibility index (Phi) is 5.02. The standard InChI is InChI=1S/C14H19N5O2S/c1-8(2)9(3)19-11(5-6-16-19)17-12(20)10-7-15-14(22-4)18-13(10)21/h5-9H,1-4H3,(H,17,20)(H,15,18,21)/t9-/m1/s1. The minimum absolute atomic E-state index is 0.0252. The lowest BCUT2D eigenvalue weighted by Gasteiger charge is -2.19. The number of amides is 1. The number of nitrogens with one attached hydrogen (secondary N) is 2. The zero-order chi connectivity index (χ0) is 16.3. The van der Waals surface area contributed by atoms with Crippen molar-refractivity contribution < 1.29 is 4.79 Å². The molecule has 1 atom stereocenters. The molecule has 7 nitrogen and oxygen atoms in total. The fraction of sp³-hybridized carbons (Fsp3) is 0.429. The molecule has 0 aliphatic carbocycles. The Morgan fingerprint density at radius 2 is 2.14 bits per heavy atom. The van der Waals surface area contributed by atoms with Gasteiger partial charge in [0.05, 0.1) is 12.2 Å². The summed E-state index contributed by atoms with van der Waals surface area (Å²) < 4.78 is 1.74. The summed E-state index contributed by atoms with van der Waals surface area (Å²) in [6.45, 7) is 6.18. The van der Waals surface area contributed by atoms with E-state index in [0.29, 0.717) is 16.9 Å². The van der Waals surface area contributed by atoms with Crippen LogP contribution in [0.2, 0.25) is 0 Å². The van der Waals surface area contributed by atoms with E-state index in [4.69, 9.17) is 0 Å². The maximum Gasteiger partial charge on any atom is 0.264 e. The summed E-state index contributed by atoms with van der Waals surface area (Å²) in [6.07, 6.45) is 4.70. The van der Waals surface area contributed by atoms with E-state index in [-0.39, 0.29) is 11.6 Å². The number of thioether (sulfide) groups is 1.